The molecular weight excluding hydrogens is 320 g/mol. The summed E-state index contributed by atoms with van der Waals surface area (Å²) in [7, 11) is 1.47. The number of aromatic nitrogens is 3. The number of fused-ring (bicyclic) bond motifs is 3. The summed E-state index contributed by atoms with van der Waals surface area (Å²) in [6.45, 7) is 0. The number of aromatic hydroxyl groups is 1. The number of H-pyrrole nitrogens is 1. The van der Waals surface area contributed by atoms with E-state index in [0.717, 1.165) is 15.6 Å². The maximum absolute atomic E-state index is 12.6. The summed E-state index contributed by atoms with van der Waals surface area (Å²) in [5.41, 5.74) is 1.95. The Morgan fingerprint density at radius 3 is 2.92 bits per heavy atom. The summed E-state index contributed by atoms with van der Waals surface area (Å²) in [6, 6.07) is 12.6. The first-order valence-corrected chi connectivity index (χ1v) is 7.57. The van der Waals surface area contributed by atoms with Gasteiger partial charge < -0.3 is 14.8 Å². The van der Waals surface area contributed by atoms with Gasteiger partial charge in [-0.25, -0.2) is 4.98 Å². The Morgan fingerprint density at radius 2 is 2.08 bits per heavy atom. The van der Waals surface area contributed by atoms with E-state index in [1.54, 1.807) is 18.2 Å². The molecule has 0 aliphatic rings. The zero-order valence-electron chi connectivity index (χ0n) is 13.3. The molecule has 0 saturated carbocycles. The molecule has 2 N–H and O–H groups in total. The van der Waals surface area contributed by atoms with Gasteiger partial charge in [0.15, 0.2) is 11.5 Å². The molecule has 0 aliphatic heterocycles. The van der Waals surface area contributed by atoms with Crippen molar-refractivity contribution < 1.29 is 9.84 Å². The number of benzene rings is 2. The van der Waals surface area contributed by atoms with Gasteiger partial charge in [0.1, 0.15) is 17.4 Å². The topological polar surface area (TPSA) is 92.5 Å². The van der Waals surface area contributed by atoms with Crippen molar-refractivity contribution in [3.05, 3.63) is 64.7 Å². The third kappa shape index (κ3) is 2.42. The van der Waals surface area contributed by atoms with Crippen LogP contribution in [0.5, 0.6) is 11.5 Å². The zero-order valence-corrected chi connectivity index (χ0v) is 13.3. The van der Waals surface area contributed by atoms with Crippen LogP contribution in [0.2, 0.25) is 0 Å². The monoisotopic (exact) mass is 334 g/mol. The van der Waals surface area contributed by atoms with Gasteiger partial charge in [-0.05, 0) is 18.2 Å². The number of phenolic OH excluding ortho intramolecular Hbond substituents is 1. The fraction of sp³-hybridized carbons (Fsp3) is 0.0556. The molecule has 0 saturated heterocycles. The molecule has 0 unspecified atom stereocenters. The summed E-state index contributed by atoms with van der Waals surface area (Å²) in [5, 5.41) is 15.1. The quantitative estimate of drug-likeness (QED) is 0.563. The minimum Gasteiger partial charge on any atom is -0.504 e. The minimum atomic E-state index is -0.320. The summed E-state index contributed by atoms with van der Waals surface area (Å²) in [5.74, 6) is 0.293. The van der Waals surface area contributed by atoms with E-state index in [4.69, 9.17) is 4.74 Å². The van der Waals surface area contributed by atoms with Crippen LogP contribution in [0.4, 0.5) is 0 Å². The number of nitrogens with one attached hydrogen (secondary N) is 1. The Kier molecular flexibility index (Phi) is 3.46. The van der Waals surface area contributed by atoms with Gasteiger partial charge in [-0.3, -0.25) is 4.79 Å². The van der Waals surface area contributed by atoms with Gasteiger partial charge in [-0.2, -0.15) is 9.78 Å². The summed E-state index contributed by atoms with van der Waals surface area (Å²) in [6.07, 6.45) is 2.74. The second-order valence-corrected chi connectivity index (χ2v) is 5.43. The van der Waals surface area contributed by atoms with E-state index < -0.39 is 0 Å². The van der Waals surface area contributed by atoms with Crippen molar-refractivity contribution in [2.75, 3.05) is 7.11 Å². The van der Waals surface area contributed by atoms with Gasteiger partial charge >= 0.3 is 0 Å². The first-order valence-electron chi connectivity index (χ1n) is 7.57. The molecule has 0 fully saturated rings. The van der Waals surface area contributed by atoms with Crippen molar-refractivity contribution in [1.82, 2.24) is 14.6 Å². The largest absolute Gasteiger partial charge is 0.504 e. The van der Waals surface area contributed by atoms with E-state index in [9.17, 15) is 9.90 Å². The highest BCUT2D eigenvalue weighted by atomic mass is 16.5. The molecule has 0 bridgehead atoms. The number of methoxy groups -OCH3 is 1. The summed E-state index contributed by atoms with van der Waals surface area (Å²) < 4.78 is 6.18. The van der Waals surface area contributed by atoms with Crippen molar-refractivity contribution in [3.8, 4) is 11.5 Å². The van der Waals surface area contributed by atoms with Crippen molar-refractivity contribution in [1.29, 1.82) is 0 Å². The van der Waals surface area contributed by atoms with Crippen LogP contribution < -0.4 is 10.3 Å². The first-order chi connectivity index (χ1) is 12.2. The lowest BCUT2D eigenvalue weighted by molar-refractivity contribution is 0.373. The number of para-hydroxylation sites is 2. The van der Waals surface area contributed by atoms with Crippen molar-refractivity contribution in [2.45, 2.75) is 0 Å². The zero-order chi connectivity index (χ0) is 17.4. The Labute approximate surface area is 141 Å². The molecule has 0 aliphatic carbocycles. The number of nitrogens with zero attached hydrogens (tertiary/aromatic N) is 3. The van der Waals surface area contributed by atoms with Crippen molar-refractivity contribution >= 4 is 28.2 Å². The minimum absolute atomic E-state index is 0.0403. The predicted octanol–water partition coefficient (Wildman–Crippen LogP) is 2.47. The van der Waals surface area contributed by atoms with E-state index in [1.165, 1.54) is 19.7 Å². The molecule has 0 radical (unpaired) electrons. The molecule has 4 rings (SSSR count). The van der Waals surface area contributed by atoms with Crippen LogP contribution in [0.3, 0.4) is 0 Å². The average molecular weight is 334 g/mol. The highest BCUT2D eigenvalue weighted by molar-refractivity contribution is 6.04. The van der Waals surface area contributed by atoms with Crippen LogP contribution >= 0.6 is 0 Å². The molecule has 7 heteroatoms. The lowest BCUT2D eigenvalue weighted by Gasteiger charge is -2.05. The van der Waals surface area contributed by atoms with E-state index in [0.29, 0.717) is 22.3 Å². The third-order valence-electron chi connectivity index (χ3n) is 3.97. The van der Waals surface area contributed by atoms with Crippen LogP contribution in [0.1, 0.15) is 5.56 Å². The van der Waals surface area contributed by atoms with Gasteiger partial charge in [0, 0.05) is 16.5 Å². The van der Waals surface area contributed by atoms with Gasteiger partial charge in [0.2, 0.25) is 0 Å². The molecular formula is C18H14N4O3. The molecule has 0 atom stereocenters. The number of rotatable bonds is 3. The molecule has 0 spiro atoms. The Hall–Kier alpha value is -3.61. The molecule has 4 aromatic rings. The summed E-state index contributed by atoms with van der Waals surface area (Å²) >= 11 is 0. The van der Waals surface area contributed by atoms with E-state index >= 15 is 0 Å². The van der Waals surface area contributed by atoms with Gasteiger partial charge in [0.05, 0.1) is 13.3 Å². The molecule has 2 aromatic carbocycles. The molecule has 124 valence electrons. The van der Waals surface area contributed by atoms with E-state index in [-0.39, 0.29) is 11.3 Å². The molecule has 2 heterocycles. The van der Waals surface area contributed by atoms with Crippen LogP contribution in [0.25, 0.3) is 21.9 Å². The lowest BCUT2D eigenvalue weighted by atomic mass is 10.2. The van der Waals surface area contributed by atoms with Crippen LogP contribution in [0, 0.1) is 0 Å². The van der Waals surface area contributed by atoms with Gasteiger partial charge in [-0.15, -0.1) is 0 Å². The molecule has 2 aromatic heterocycles. The maximum Gasteiger partial charge on any atom is 0.298 e. The fourth-order valence-electron chi connectivity index (χ4n) is 2.71. The van der Waals surface area contributed by atoms with Gasteiger partial charge in [-0.1, -0.05) is 24.3 Å². The van der Waals surface area contributed by atoms with Crippen LogP contribution in [-0.2, 0) is 0 Å². The number of aromatic amines is 1. The van der Waals surface area contributed by atoms with E-state index in [1.807, 2.05) is 24.3 Å². The third-order valence-corrected chi connectivity index (χ3v) is 3.97. The van der Waals surface area contributed by atoms with Crippen molar-refractivity contribution in [2.24, 2.45) is 5.10 Å². The number of hydrogen-bond donors (Lipinski definition) is 2. The lowest BCUT2D eigenvalue weighted by Crippen LogP contribution is -2.17. The Balaban J connectivity index is 1.81. The second-order valence-electron chi connectivity index (χ2n) is 5.43. The standard InChI is InChI=1S/C18H14N4O3/c1-25-14-8-4-5-11(17(14)23)9-20-22-10-19-15-12-6-2-3-7-13(12)21-16(15)18(22)24/h2-10,21,23H,1H3/b20-9+. The smallest absolute Gasteiger partial charge is 0.298 e. The average Bonchev–Trinajstić information content (AvgIpc) is 3.02. The van der Waals surface area contributed by atoms with Crippen LogP contribution in [0.15, 0.2) is 58.7 Å². The number of phenols is 1. The molecule has 25 heavy (non-hydrogen) atoms. The fourth-order valence-corrected chi connectivity index (χ4v) is 2.71. The van der Waals surface area contributed by atoms with Gasteiger partial charge in [0.25, 0.3) is 5.56 Å². The van der Waals surface area contributed by atoms with E-state index in [2.05, 4.69) is 15.1 Å². The molecule has 7 nitrogen and oxygen atoms in total. The highest BCUT2D eigenvalue weighted by Gasteiger charge is 2.10. The maximum atomic E-state index is 12.6. The highest BCUT2D eigenvalue weighted by Crippen LogP contribution is 2.28. The Morgan fingerprint density at radius 1 is 1.24 bits per heavy atom. The second kappa shape index (κ2) is 5.79. The normalized spacial score (nSPS) is 11.6. The van der Waals surface area contributed by atoms with Crippen molar-refractivity contribution in [3.63, 3.8) is 0 Å². The number of hydrogen-bond acceptors (Lipinski definition) is 5. The first kappa shape index (κ1) is 14.9. The summed E-state index contributed by atoms with van der Waals surface area (Å²) in [4.78, 5) is 20.0. The van der Waals surface area contributed by atoms with Crippen LogP contribution in [-0.4, -0.2) is 33.1 Å². The Bertz CT molecular complexity index is 1170. The molecule has 0 amide bonds. The predicted molar refractivity (Wildman–Crippen MR) is 95.5 cm³/mol. The SMILES string of the molecule is COc1cccc(/C=N/n2cnc3c([nH]c4ccccc43)c2=O)c1O. The number of ether oxygens (including phenoxy) is 1.